The van der Waals surface area contributed by atoms with Gasteiger partial charge in [-0.3, -0.25) is 0 Å². The van der Waals surface area contributed by atoms with Gasteiger partial charge in [0.05, 0.1) is 7.11 Å². The van der Waals surface area contributed by atoms with Crippen LogP contribution in [0.5, 0.6) is 5.75 Å². The molecule has 1 aromatic carbocycles. The van der Waals surface area contributed by atoms with Crippen LogP contribution in [-0.2, 0) is 5.54 Å². The molecule has 0 aliphatic carbocycles. The first-order chi connectivity index (χ1) is 7.97. The summed E-state index contributed by atoms with van der Waals surface area (Å²) in [6.07, 6.45) is -0.294. The molecule has 0 radical (unpaired) electrons. The van der Waals surface area contributed by atoms with Crippen LogP contribution in [0.4, 0.5) is 8.78 Å². The van der Waals surface area contributed by atoms with Crippen molar-refractivity contribution in [3.8, 4) is 5.75 Å². The number of ether oxygens (including phenoxy) is 1. The molecule has 1 aromatic rings. The monoisotopic (exact) mass is 241 g/mol. The highest BCUT2D eigenvalue weighted by Crippen LogP contribution is 2.41. The van der Waals surface area contributed by atoms with Gasteiger partial charge in [0.15, 0.2) is 0 Å². The van der Waals surface area contributed by atoms with E-state index in [-0.39, 0.29) is 12.8 Å². The summed E-state index contributed by atoms with van der Waals surface area (Å²) in [6, 6.07) is 7.33. The maximum Gasteiger partial charge on any atom is 0.251 e. The second-order valence-electron chi connectivity index (χ2n) is 4.74. The first-order valence-corrected chi connectivity index (χ1v) is 5.73. The quantitative estimate of drug-likeness (QED) is 0.859. The van der Waals surface area contributed by atoms with Crippen molar-refractivity contribution in [1.82, 2.24) is 5.32 Å². The highest BCUT2D eigenvalue weighted by molar-refractivity contribution is 5.39. The molecule has 1 unspecified atom stereocenters. The Labute approximate surface area is 100.0 Å². The molecule has 94 valence electrons. The van der Waals surface area contributed by atoms with Crippen molar-refractivity contribution in [2.24, 2.45) is 0 Å². The predicted octanol–water partition coefficient (Wildman–Crippen LogP) is 2.93. The standard InChI is InChI=1S/C13H17F2NO/c1-12(9-13(14,15)7-8-16-12)10-5-3-4-6-11(10)17-2/h3-6,16H,7-9H2,1-2H3. The summed E-state index contributed by atoms with van der Waals surface area (Å²) >= 11 is 0. The molecule has 0 bridgehead atoms. The molecule has 1 aliphatic heterocycles. The molecule has 0 amide bonds. The van der Waals surface area contributed by atoms with Crippen molar-refractivity contribution < 1.29 is 13.5 Å². The minimum atomic E-state index is -2.61. The lowest BCUT2D eigenvalue weighted by Gasteiger charge is -2.40. The van der Waals surface area contributed by atoms with Crippen molar-refractivity contribution >= 4 is 0 Å². The Morgan fingerprint density at radius 1 is 1.29 bits per heavy atom. The molecular weight excluding hydrogens is 224 g/mol. The third-order valence-corrected chi connectivity index (χ3v) is 3.32. The van der Waals surface area contributed by atoms with Gasteiger partial charge in [-0.2, -0.15) is 0 Å². The summed E-state index contributed by atoms with van der Waals surface area (Å²) in [5, 5.41) is 3.18. The summed E-state index contributed by atoms with van der Waals surface area (Å²) in [7, 11) is 1.56. The van der Waals surface area contributed by atoms with Gasteiger partial charge in [-0.15, -0.1) is 0 Å². The minimum absolute atomic E-state index is 0.0995. The van der Waals surface area contributed by atoms with Gasteiger partial charge in [-0.05, 0) is 13.0 Å². The normalized spacial score (nSPS) is 27.8. The van der Waals surface area contributed by atoms with Crippen LogP contribution in [0.2, 0.25) is 0 Å². The summed E-state index contributed by atoms with van der Waals surface area (Å²) in [4.78, 5) is 0. The van der Waals surface area contributed by atoms with Gasteiger partial charge in [0.25, 0.3) is 5.92 Å². The van der Waals surface area contributed by atoms with Crippen LogP contribution in [0.25, 0.3) is 0 Å². The molecule has 1 heterocycles. The van der Waals surface area contributed by atoms with E-state index in [1.54, 1.807) is 20.1 Å². The summed E-state index contributed by atoms with van der Waals surface area (Å²) in [6.45, 7) is 2.12. The topological polar surface area (TPSA) is 21.3 Å². The number of methoxy groups -OCH3 is 1. The van der Waals surface area contributed by atoms with Gasteiger partial charge in [0, 0.05) is 30.5 Å². The zero-order chi connectivity index (χ0) is 12.5. The van der Waals surface area contributed by atoms with Gasteiger partial charge >= 0.3 is 0 Å². The largest absolute Gasteiger partial charge is 0.496 e. The van der Waals surface area contributed by atoms with Crippen molar-refractivity contribution in [2.75, 3.05) is 13.7 Å². The number of para-hydroxylation sites is 1. The molecule has 0 aromatic heterocycles. The van der Waals surface area contributed by atoms with E-state index in [4.69, 9.17) is 4.74 Å². The molecule has 4 heteroatoms. The Bertz CT molecular complexity index is 408. The number of rotatable bonds is 2. The maximum absolute atomic E-state index is 13.5. The van der Waals surface area contributed by atoms with Crippen LogP contribution in [-0.4, -0.2) is 19.6 Å². The number of hydrogen-bond acceptors (Lipinski definition) is 2. The van der Waals surface area contributed by atoms with E-state index in [1.807, 2.05) is 18.2 Å². The molecule has 1 fully saturated rings. The van der Waals surface area contributed by atoms with E-state index in [0.717, 1.165) is 5.56 Å². The van der Waals surface area contributed by atoms with Gasteiger partial charge in [0.1, 0.15) is 5.75 Å². The molecule has 2 rings (SSSR count). The first kappa shape index (κ1) is 12.3. The number of piperidine rings is 1. The van der Waals surface area contributed by atoms with Gasteiger partial charge < -0.3 is 10.1 Å². The van der Waals surface area contributed by atoms with E-state index < -0.39 is 11.5 Å². The molecule has 2 nitrogen and oxygen atoms in total. The fraction of sp³-hybridized carbons (Fsp3) is 0.538. The van der Waals surface area contributed by atoms with Gasteiger partial charge in [0.2, 0.25) is 0 Å². The Kier molecular flexibility index (Phi) is 3.08. The van der Waals surface area contributed by atoms with Crippen molar-refractivity contribution in [3.63, 3.8) is 0 Å². The molecule has 1 aliphatic rings. The van der Waals surface area contributed by atoms with E-state index in [2.05, 4.69) is 5.32 Å². The Hall–Kier alpha value is -1.16. The van der Waals surface area contributed by atoms with Gasteiger partial charge in [-0.25, -0.2) is 8.78 Å². The second kappa shape index (κ2) is 4.26. The maximum atomic E-state index is 13.5. The van der Waals surface area contributed by atoms with Crippen LogP contribution in [0.3, 0.4) is 0 Å². The highest BCUT2D eigenvalue weighted by Gasteiger charge is 2.44. The smallest absolute Gasteiger partial charge is 0.251 e. The van der Waals surface area contributed by atoms with Crippen molar-refractivity contribution in [3.05, 3.63) is 29.8 Å². The minimum Gasteiger partial charge on any atom is -0.496 e. The number of nitrogens with one attached hydrogen (secondary N) is 1. The Balaban J connectivity index is 2.37. The Morgan fingerprint density at radius 2 is 2.00 bits per heavy atom. The second-order valence-corrected chi connectivity index (χ2v) is 4.74. The first-order valence-electron chi connectivity index (χ1n) is 5.73. The molecule has 17 heavy (non-hydrogen) atoms. The van der Waals surface area contributed by atoms with Crippen LogP contribution in [0.15, 0.2) is 24.3 Å². The Morgan fingerprint density at radius 3 is 2.65 bits per heavy atom. The SMILES string of the molecule is COc1ccccc1C1(C)CC(F)(F)CCN1. The lowest BCUT2D eigenvalue weighted by atomic mass is 9.82. The zero-order valence-electron chi connectivity index (χ0n) is 10.1. The van der Waals surface area contributed by atoms with E-state index in [1.165, 1.54) is 0 Å². The summed E-state index contributed by atoms with van der Waals surface area (Å²) in [5.74, 6) is -1.96. The van der Waals surface area contributed by atoms with Gasteiger partial charge in [-0.1, -0.05) is 18.2 Å². The third kappa shape index (κ3) is 2.41. The van der Waals surface area contributed by atoms with Crippen molar-refractivity contribution in [1.29, 1.82) is 0 Å². The molecule has 1 atom stereocenters. The average molecular weight is 241 g/mol. The van der Waals surface area contributed by atoms with Crippen LogP contribution in [0.1, 0.15) is 25.3 Å². The number of benzene rings is 1. The molecule has 1 N–H and O–H groups in total. The van der Waals surface area contributed by atoms with E-state index in [0.29, 0.717) is 12.3 Å². The van der Waals surface area contributed by atoms with Crippen LogP contribution < -0.4 is 10.1 Å². The molecular formula is C13H17F2NO. The highest BCUT2D eigenvalue weighted by atomic mass is 19.3. The van der Waals surface area contributed by atoms with Crippen LogP contribution >= 0.6 is 0 Å². The molecule has 0 spiro atoms. The third-order valence-electron chi connectivity index (χ3n) is 3.32. The number of hydrogen-bond donors (Lipinski definition) is 1. The average Bonchev–Trinajstić information content (AvgIpc) is 2.27. The summed E-state index contributed by atoms with van der Waals surface area (Å²) in [5.41, 5.74) is 0.0656. The van der Waals surface area contributed by atoms with Crippen LogP contribution in [0, 0.1) is 0 Å². The fourth-order valence-electron chi connectivity index (χ4n) is 2.48. The van der Waals surface area contributed by atoms with Crippen molar-refractivity contribution in [2.45, 2.75) is 31.2 Å². The van der Waals surface area contributed by atoms with E-state index in [9.17, 15) is 8.78 Å². The lowest BCUT2D eigenvalue weighted by molar-refractivity contribution is -0.0614. The fourth-order valence-corrected chi connectivity index (χ4v) is 2.48. The lowest BCUT2D eigenvalue weighted by Crippen LogP contribution is -2.50. The zero-order valence-corrected chi connectivity index (χ0v) is 10.1. The summed E-state index contributed by atoms with van der Waals surface area (Å²) < 4.78 is 32.3. The molecule has 0 saturated carbocycles. The number of halogens is 2. The molecule has 1 saturated heterocycles. The van der Waals surface area contributed by atoms with E-state index >= 15 is 0 Å². The predicted molar refractivity (Wildman–Crippen MR) is 62.5 cm³/mol. The number of alkyl halides is 2.